The van der Waals surface area contributed by atoms with Crippen LogP contribution in [0.5, 0.6) is 11.5 Å². The number of hydrogen-bond acceptors (Lipinski definition) is 3. The maximum atomic E-state index is 12.2. The summed E-state index contributed by atoms with van der Waals surface area (Å²) in [4.78, 5) is 12.2. The summed E-state index contributed by atoms with van der Waals surface area (Å²) in [5, 5.41) is 12.2. The third kappa shape index (κ3) is 5.75. The van der Waals surface area contributed by atoms with Gasteiger partial charge in [-0.2, -0.15) is 0 Å². The Morgan fingerprint density at radius 2 is 1.78 bits per heavy atom. The monoisotopic (exact) mass is 313 g/mol. The van der Waals surface area contributed by atoms with Crippen LogP contribution < -0.4 is 10.1 Å². The minimum absolute atomic E-state index is 0.138. The van der Waals surface area contributed by atoms with E-state index in [2.05, 4.69) is 5.32 Å². The number of benzene rings is 2. The van der Waals surface area contributed by atoms with Gasteiger partial charge in [0.2, 0.25) is 0 Å². The molecule has 2 rings (SSSR count). The first kappa shape index (κ1) is 17.0. The number of hydrogen-bond donors (Lipinski definition) is 2. The summed E-state index contributed by atoms with van der Waals surface area (Å²) in [6.07, 6.45) is 0.307. The summed E-state index contributed by atoms with van der Waals surface area (Å²) in [6, 6.07) is 16.5. The molecule has 122 valence electrons. The van der Waals surface area contributed by atoms with Gasteiger partial charge in [-0.05, 0) is 49.6 Å². The molecule has 4 heteroatoms. The zero-order valence-corrected chi connectivity index (χ0v) is 13.5. The molecular weight excluding hydrogens is 290 g/mol. The maximum Gasteiger partial charge on any atom is 0.251 e. The van der Waals surface area contributed by atoms with Crippen molar-refractivity contribution in [1.82, 2.24) is 5.32 Å². The number of ether oxygens (including phenoxy) is 1. The van der Waals surface area contributed by atoms with Crippen LogP contribution >= 0.6 is 0 Å². The second-order valence-electron chi connectivity index (χ2n) is 5.84. The molecule has 1 amide bonds. The van der Waals surface area contributed by atoms with Crippen molar-refractivity contribution in [2.24, 2.45) is 5.92 Å². The van der Waals surface area contributed by atoms with E-state index in [-0.39, 0.29) is 17.9 Å². The number of carbonyl (C=O) groups is 1. The van der Waals surface area contributed by atoms with Crippen molar-refractivity contribution < 1.29 is 14.6 Å². The maximum absolute atomic E-state index is 12.2. The molecule has 0 aromatic heterocycles. The largest absolute Gasteiger partial charge is 0.457 e. The van der Waals surface area contributed by atoms with E-state index in [9.17, 15) is 9.90 Å². The highest BCUT2D eigenvalue weighted by Crippen LogP contribution is 2.21. The molecule has 0 bridgehead atoms. The van der Waals surface area contributed by atoms with E-state index in [1.807, 2.05) is 43.3 Å². The third-order valence-electron chi connectivity index (χ3n) is 3.43. The number of nitrogens with one attached hydrogen (secondary N) is 1. The van der Waals surface area contributed by atoms with Crippen LogP contribution in [0, 0.1) is 5.92 Å². The minimum Gasteiger partial charge on any atom is -0.457 e. The van der Waals surface area contributed by atoms with Crippen LogP contribution in [0.25, 0.3) is 0 Å². The Morgan fingerprint density at radius 3 is 2.48 bits per heavy atom. The highest BCUT2D eigenvalue weighted by molar-refractivity contribution is 5.94. The van der Waals surface area contributed by atoms with Crippen LogP contribution in [0.3, 0.4) is 0 Å². The fourth-order valence-corrected chi connectivity index (χ4v) is 2.36. The molecule has 2 aromatic carbocycles. The van der Waals surface area contributed by atoms with Crippen LogP contribution in [0.1, 0.15) is 30.6 Å². The molecule has 0 spiro atoms. The van der Waals surface area contributed by atoms with E-state index in [0.29, 0.717) is 24.3 Å². The van der Waals surface area contributed by atoms with Crippen molar-refractivity contribution in [1.29, 1.82) is 0 Å². The quantitative estimate of drug-likeness (QED) is 0.821. The predicted octanol–water partition coefficient (Wildman–Crippen LogP) is 3.62. The molecular formula is C19H23NO3. The zero-order chi connectivity index (χ0) is 16.7. The summed E-state index contributed by atoms with van der Waals surface area (Å²) in [6.45, 7) is 4.29. The lowest BCUT2D eigenvalue weighted by molar-refractivity contribution is 0.0939. The number of para-hydroxylation sites is 1. The van der Waals surface area contributed by atoms with Gasteiger partial charge in [-0.3, -0.25) is 4.79 Å². The molecule has 0 aliphatic rings. The number of rotatable bonds is 7. The second-order valence-corrected chi connectivity index (χ2v) is 5.84. The fourth-order valence-electron chi connectivity index (χ4n) is 2.36. The fraction of sp³-hybridized carbons (Fsp3) is 0.316. The summed E-state index contributed by atoms with van der Waals surface area (Å²) < 4.78 is 5.73. The van der Waals surface area contributed by atoms with Gasteiger partial charge in [-0.25, -0.2) is 0 Å². The first-order valence-corrected chi connectivity index (χ1v) is 7.84. The van der Waals surface area contributed by atoms with Crippen LogP contribution in [0.2, 0.25) is 0 Å². The van der Waals surface area contributed by atoms with Gasteiger partial charge in [0.25, 0.3) is 5.91 Å². The molecule has 2 aromatic rings. The SMILES string of the molecule is CC(O)CC(C)CNC(=O)c1cccc(Oc2ccccc2)c1. The Labute approximate surface area is 137 Å². The van der Waals surface area contributed by atoms with E-state index < -0.39 is 0 Å². The lowest BCUT2D eigenvalue weighted by Crippen LogP contribution is -2.29. The Hall–Kier alpha value is -2.33. The Balaban J connectivity index is 1.95. The lowest BCUT2D eigenvalue weighted by Gasteiger charge is -2.14. The predicted molar refractivity (Wildman–Crippen MR) is 90.8 cm³/mol. The standard InChI is InChI=1S/C19H23NO3/c1-14(11-15(2)21)13-20-19(22)16-7-6-10-18(12-16)23-17-8-4-3-5-9-17/h3-10,12,14-15,21H,11,13H2,1-2H3,(H,20,22). The molecule has 0 saturated heterocycles. The van der Waals surface area contributed by atoms with Crippen molar-refractivity contribution in [2.75, 3.05) is 6.54 Å². The first-order chi connectivity index (χ1) is 11.0. The summed E-state index contributed by atoms with van der Waals surface area (Å²) >= 11 is 0. The van der Waals surface area contributed by atoms with Gasteiger partial charge in [0.15, 0.2) is 0 Å². The number of aliphatic hydroxyl groups excluding tert-OH is 1. The van der Waals surface area contributed by atoms with E-state index in [4.69, 9.17) is 4.74 Å². The molecule has 2 unspecified atom stereocenters. The Morgan fingerprint density at radius 1 is 1.09 bits per heavy atom. The molecule has 0 fully saturated rings. The van der Waals surface area contributed by atoms with Crippen LogP contribution in [-0.2, 0) is 0 Å². The van der Waals surface area contributed by atoms with Gasteiger partial charge in [-0.15, -0.1) is 0 Å². The van der Waals surface area contributed by atoms with Crippen LogP contribution in [0.4, 0.5) is 0 Å². The van der Waals surface area contributed by atoms with Gasteiger partial charge in [0.1, 0.15) is 11.5 Å². The smallest absolute Gasteiger partial charge is 0.251 e. The lowest BCUT2D eigenvalue weighted by atomic mass is 10.0. The van der Waals surface area contributed by atoms with Crippen molar-refractivity contribution in [2.45, 2.75) is 26.4 Å². The number of amides is 1. The number of aliphatic hydroxyl groups is 1. The first-order valence-electron chi connectivity index (χ1n) is 7.84. The van der Waals surface area contributed by atoms with Crippen LogP contribution in [0.15, 0.2) is 54.6 Å². The zero-order valence-electron chi connectivity index (χ0n) is 13.5. The average Bonchev–Trinajstić information content (AvgIpc) is 2.53. The van der Waals surface area contributed by atoms with Gasteiger partial charge >= 0.3 is 0 Å². The number of carbonyl (C=O) groups excluding carboxylic acids is 1. The molecule has 2 atom stereocenters. The molecule has 0 heterocycles. The third-order valence-corrected chi connectivity index (χ3v) is 3.43. The Bertz CT molecular complexity index is 626. The molecule has 0 aliphatic heterocycles. The highest BCUT2D eigenvalue weighted by atomic mass is 16.5. The normalized spacial score (nSPS) is 13.2. The van der Waals surface area contributed by atoms with E-state index in [1.54, 1.807) is 25.1 Å². The molecule has 4 nitrogen and oxygen atoms in total. The van der Waals surface area contributed by atoms with E-state index >= 15 is 0 Å². The van der Waals surface area contributed by atoms with Crippen LogP contribution in [-0.4, -0.2) is 23.7 Å². The summed E-state index contributed by atoms with van der Waals surface area (Å²) in [7, 11) is 0. The van der Waals surface area contributed by atoms with E-state index in [1.165, 1.54) is 0 Å². The second kappa shape index (κ2) is 8.34. The topological polar surface area (TPSA) is 58.6 Å². The molecule has 23 heavy (non-hydrogen) atoms. The summed E-state index contributed by atoms with van der Waals surface area (Å²) in [5.74, 6) is 1.44. The van der Waals surface area contributed by atoms with Gasteiger partial charge in [0.05, 0.1) is 6.10 Å². The van der Waals surface area contributed by atoms with Crippen molar-refractivity contribution in [3.05, 3.63) is 60.2 Å². The van der Waals surface area contributed by atoms with Gasteiger partial charge < -0.3 is 15.2 Å². The Kier molecular flexibility index (Phi) is 6.18. The molecule has 2 N–H and O–H groups in total. The molecule has 0 saturated carbocycles. The minimum atomic E-state index is -0.357. The average molecular weight is 313 g/mol. The van der Waals surface area contributed by atoms with Crippen molar-refractivity contribution in [3.63, 3.8) is 0 Å². The van der Waals surface area contributed by atoms with E-state index in [0.717, 1.165) is 5.75 Å². The van der Waals surface area contributed by atoms with Gasteiger partial charge in [0, 0.05) is 12.1 Å². The van der Waals surface area contributed by atoms with Gasteiger partial charge in [-0.1, -0.05) is 31.2 Å². The van der Waals surface area contributed by atoms with Crippen molar-refractivity contribution in [3.8, 4) is 11.5 Å². The van der Waals surface area contributed by atoms with Crippen molar-refractivity contribution >= 4 is 5.91 Å². The molecule has 0 radical (unpaired) electrons. The highest BCUT2D eigenvalue weighted by Gasteiger charge is 2.10. The molecule has 0 aliphatic carbocycles. The summed E-state index contributed by atoms with van der Waals surface area (Å²) in [5.41, 5.74) is 0.558.